The minimum Gasteiger partial charge on any atom is -0.506 e. The summed E-state index contributed by atoms with van der Waals surface area (Å²) in [4.78, 5) is 12.1. The van der Waals surface area contributed by atoms with Crippen LogP contribution in [0, 0.1) is 6.92 Å². The van der Waals surface area contributed by atoms with Crippen molar-refractivity contribution in [2.75, 3.05) is 5.32 Å². The van der Waals surface area contributed by atoms with Crippen LogP contribution in [0.5, 0.6) is 5.75 Å². The number of furan rings is 1. The molecule has 0 radical (unpaired) electrons. The first kappa shape index (κ1) is 20.9. The fraction of sp³-hybridized carbons (Fsp3) is 0.0476. The number of hydrogen-bond acceptors (Lipinski definition) is 4. The number of anilines is 1. The molecule has 29 heavy (non-hydrogen) atoms. The molecule has 3 rings (SSSR count). The van der Waals surface area contributed by atoms with Gasteiger partial charge in [0.05, 0.1) is 5.69 Å². The Morgan fingerprint density at radius 1 is 1.14 bits per heavy atom. The van der Waals surface area contributed by atoms with Gasteiger partial charge in [-0.1, -0.05) is 35.3 Å². The van der Waals surface area contributed by atoms with Crippen LogP contribution < -0.4 is 10.6 Å². The van der Waals surface area contributed by atoms with E-state index in [2.05, 4.69) is 10.6 Å². The van der Waals surface area contributed by atoms with E-state index < -0.39 is 5.91 Å². The molecule has 148 valence electrons. The molecule has 8 heteroatoms. The highest BCUT2D eigenvalue weighted by Gasteiger charge is 2.08. The first-order chi connectivity index (χ1) is 13.8. The quantitative estimate of drug-likeness (QED) is 0.268. The second kappa shape index (κ2) is 9.13. The Balaban J connectivity index is 1.60. The number of halogens is 2. The Morgan fingerprint density at radius 3 is 2.69 bits per heavy atom. The van der Waals surface area contributed by atoms with E-state index in [4.69, 9.17) is 39.8 Å². The van der Waals surface area contributed by atoms with Crippen molar-refractivity contribution in [2.24, 2.45) is 0 Å². The first-order valence-electron chi connectivity index (χ1n) is 8.47. The van der Waals surface area contributed by atoms with Gasteiger partial charge < -0.3 is 14.8 Å². The number of amides is 1. The molecule has 0 aliphatic heterocycles. The molecule has 5 nitrogen and oxygen atoms in total. The zero-order valence-electron chi connectivity index (χ0n) is 15.2. The molecular weight excluding hydrogens is 431 g/mol. The number of nitrogens with one attached hydrogen (secondary N) is 2. The number of benzene rings is 2. The van der Waals surface area contributed by atoms with Crippen LogP contribution in [0.25, 0.3) is 17.4 Å². The highest BCUT2D eigenvalue weighted by Crippen LogP contribution is 2.28. The lowest BCUT2D eigenvalue weighted by Crippen LogP contribution is -2.32. The number of thiocarbonyl (C=S) groups is 1. The largest absolute Gasteiger partial charge is 0.506 e. The summed E-state index contributed by atoms with van der Waals surface area (Å²) in [7, 11) is 0. The second-order valence-corrected chi connectivity index (χ2v) is 7.36. The zero-order valence-corrected chi connectivity index (χ0v) is 17.5. The van der Waals surface area contributed by atoms with Gasteiger partial charge in [-0.2, -0.15) is 0 Å². The Labute approximate surface area is 182 Å². The maximum absolute atomic E-state index is 12.1. The topological polar surface area (TPSA) is 74.5 Å². The van der Waals surface area contributed by atoms with E-state index in [9.17, 15) is 9.90 Å². The van der Waals surface area contributed by atoms with Gasteiger partial charge in [0.2, 0.25) is 5.91 Å². The molecule has 0 saturated heterocycles. The van der Waals surface area contributed by atoms with Crippen LogP contribution in [0.2, 0.25) is 10.0 Å². The standard InChI is InChI=1S/C21H16Cl2N2O3S/c1-12-2-3-13(10-16(12)23)19-8-5-15(28-19)6-9-20(27)25-21(29)24-17-11-14(22)4-7-18(17)26/h2-11,26H,1H3,(H2,24,25,27,29)/b9-6+. The predicted octanol–water partition coefficient (Wildman–Crippen LogP) is 5.79. The van der Waals surface area contributed by atoms with Crippen LogP contribution in [-0.2, 0) is 4.79 Å². The second-order valence-electron chi connectivity index (χ2n) is 6.10. The van der Waals surface area contributed by atoms with Crippen molar-refractivity contribution in [3.8, 4) is 17.1 Å². The molecule has 0 atom stereocenters. The van der Waals surface area contributed by atoms with E-state index in [0.29, 0.717) is 27.3 Å². The fourth-order valence-corrected chi connectivity index (χ4v) is 2.98. The highest BCUT2D eigenvalue weighted by atomic mass is 35.5. The molecule has 0 bridgehead atoms. The first-order valence-corrected chi connectivity index (χ1v) is 9.63. The van der Waals surface area contributed by atoms with Gasteiger partial charge in [0.25, 0.3) is 0 Å². The van der Waals surface area contributed by atoms with Gasteiger partial charge in [0.15, 0.2) is 5.11 Å². The van der Waals surface area contributed by atoms with Crippen LogP contribution in [-0.4, -0.2) is 16.1 Å². The summed E-state index contributed by atoms with van der Waals surface area (Å²) in [5, 5.41) is 16.1. The van der Waals surface area contributed by atoms with Crippen LogP contribution in [0.1, 0.15) is 11.3 Å². The number of aryl methyl sites for hydroxylation is 1. The van der Waals surface area contributed by atoms with Gasteiger partial charge in [-0.25, -0.2) is 0 Å². The monoisotopic (exact) mass is 446 g/mol. The molecule has 0 unspecified atom stereocenters. The summed E-state index contributed by atoms with van der Waals surface area (Å²) in [6, 6.07) is 13.6. The third-order valence-corrected chi connectivity index (χ3v) is 4.77. The Bertz CT molecular complexity index is 1110. The van der Waals surface area contributed by atoms with Gasteiger partial charge in [0.1, 0.15) is 17.3 Å². The van der Waals surface area contributed by atoms with Crippen molar-refractivity contribution in [3.05, 3.63) is 76.0 Å². The molecule has 0 aliphatic rings. The average Bonchev–Trinajstić information content (AvgIpc) is 3.14. The van der Waals surface area contributed by atoms with Crippen LogP contribution in [0.3, 0.4) is 0 Å². The minimum atomic E-state index is -0.458. The summed E-state index contributed by atoms with van der Waals surface area (Å²) in [5.74, 6) is 0.639. The third kappa shape index (κ3) is 5.60. The van der Waals surface area contributed by atoms with Gasteiger partial charge in [-0.15, -0.1) is 0 Å². The number of rotatable bonds is 4. The zero-order chi connectivity index (χ0) is 21.0. The number of phenolic OH excluding ortho intramolecular Hbond substituents is 1. The number of hydrogen-bond donors (Lipinski definition) is 3. The van der Waals surface area contributed by atoms with Crippen LogP contribution in [0.4, 0.5) is 5.69 Å². The normalized spacial score (nSPS) is 10.9. The summed E-state index contributed by atoms with van der Waals surface area (Å²) >= 11 is 17.1. The van der Waals surface area contributed by atoms with Crippen molar-refractivity contribution in [2.45, 2.75) is 6.92 Å². The molecule has 1 heterocycles. The molecule has 0 fully saturated rings. The SMILES string of the molecule is Cc1ccc(-c2ccc(/C=C/C(=O)NC(=S)Nc3cc(Cl)ccc3O)o2)cc1Cl. The van der Waals surface area contributed by atoms with Crippen molar-refractivity contribution in [1.82, 2.24) is 5.32 Å². The third-order valence-electron chi connectivity index (χ3n) is 3.93. The van der Waals surface area contributed by atoms with Gasteiger partial charge in [-0.3, -0.25) is 10.1 Å². The average molecular weight is 447 g/mol. The smallest absolute Gasteiger partial charge is 0.250 e. The lowest BCUT2D eigenvalue weighted by molar-refractivity contribution is -0.115. The van der Waals surface area contributed by atoms with Gasteiger partial charge >= 0.3 is 0 Å². The Hall–Kier alpha value is -2.80. The fourth-order valence-electron chi connectivity index (χ4n) is 2.42. The highest BCUT2D eigenvalue weighted by molar-refractivity contribution is 7.80. The Morgan fingerprint density at radius 2 is 1.93 bits per heavy atom. The summed E-state index contributed by atoms with van der Waals surface area (Å²) in [6.07, 6.45) is 2.81. The molecule has 0 aliphatic carbocycles. The number of carbonyl (C=O) groups is 1. The molecule has 1 amide bonds. The van der Waals surface area contributed by atoms with Crippen molar-refractivity contribution in [1.29, 1.82) is 0 Å². The van der Waals surface area contributed by atoms with E-state index in [1.807, 2.05) is 25.1 Å². The molecule has 0 saturated carbocycles. The van der Waals surface area contributed by atoms with E-state index in [-0.39, 0.29) is 10.9 Å². The van der Waals surface area contributed by atoms with Gasteiger partial charge in [0, 0.05) is 21.7 Å². The summed E-state index contributed by atoms with van der Waals surface area (Å²) in [6.45, 7) is 1.92. The summed E-state index contributed by atoms with van der Waals surface area (Å²) < 4.78 is 5.72. The summed E-state index contributed by atoms with van der Waals surface area (Å²) in [5.41, 5.74) is 2.12. The van der Waals surface area contributed by atoms with Crippen LogP contribution in [0.15, 0.2) is 59.0 Å². The Kier molecular flexibility index (Phi) is 6.59. The van der Waals surface area contributed by atoms with Gasteiger partial charge in [-0.05, 0) is 67.2 Å². The lowest BCUT2D eigenvalue weighted by atomic mass is 10.1. The number of aromatic hydroxyl groups is 1. The van der Waals surface area contributed by atoms with Crippen LogP contribution >= 0.6 is 35.4 Å². The van der Waals surface area contributed by atoms with Crippen molar-refractivity contribution in [3.63, 3.8) is 0 Å². The number of carbonyl (C=O) groups excluding carboxylic acids is 1. The minimum absolute atomic E-state index is 0.0200. The number of phenols is 1. The molecule has 0 spiro atoms. The lowest BCUT2D eigenvalue weighted by Gasteiger charge is -2.09. The van der Waals surface area contributed by atoms with Crippen molar-refractivity contribution >= 4 is 58.2 Å². The predicted molar refractivity (Wildman–Crippen MR) is 120 cm³/mol. The molecule has 2 aromatic carbocycles. The van der Waals surface area contributed by atoms with Crippen molar-refractivity contribution < 1.29 is 14.3 Å². The maximum atomic E-state index is 12.1. The van der Waals surface area contributed by atoms with E-state index in [1.165, 1.54) is 30.4 Å². The van der Waals surface area contributed by atoms with E-state index in [1.54, 1.807) is 12.1 Å². The van der Waals surface area contributed by atoms with E-state index >= 15 is 0 Å². The molecule has 1 aromatic heterocycles. The molecule has 3 N–H and O–H groups in total. The maximum Gasteiger partial charge on any atom is 0.250 e. The molecule has 3 aromatic rings. The molecular formula is C21H16Cl2N2O3S. The van der Waals surface area contributed by atoms with E-state index in [0.717, 1.165) is 11.1 Å².